The zero-order chi connectivity index (χ0) is 81.5. The zero-order valence-electron chi connectivity index (χ0n) is 64.7. The molecule has 20 heteroatoms. The molecule has 0 aliphatic rings. The van der Waals surface area contributed by atoms with Gasteiger partial charge in [-0.3, -0.25) is 19.2 Å². The fourth-order valence-corrected chi connectivity index (χ4v) is 19.5. The van der Waals surface area contributed by atoms with E-state index < -0.39 is 25.6 Å². The lowest BCUT2D eigenvalue weighted by molar-refractivity contribution is -0.166. The topological polar surface area (TPSA) is 142 Å². The van der Waals surface area contributed by atoms with Crippen molar-refractivity contribution in [3.05, 3.63) is 340 Å². The van der Waals surface area contributed by atoms with Crippen LogP contribution in [0.2, 0.25) is 0 Å². The van der Waals surface area contributed by atoms with E-state index in [1.807, 2.05) is 153 Å². The number of benzene rings is 12. The van der Waals surface area contributed by atoms with E-state index in [-0.39, 0.29) is 85.9 Å². The molecular weight excluding hydrogens is 1770 g/mol. The number of carbonyl (C=O) groups is 4. The van der Waals surface area contributed by atoms with Gasteiger partial charge in [-0.25, -0.2) is 0 Å². The summed E-state index contributed by atoms with van der Waals surface area (Å²) in [6.45, 7) is 15.6. The zero-order valence-corrected chi connectivity index (χ0v) is 74.3. The molecule has 0 radical (unpaired) electrons. The third-order valence-corrected chi connectivity index (χ3v) is 26.3. The molecule has 0 fully saturated rings. The predicted molar refractivity (Wildman–Crippen MR) is 474 cm³/mol. The molecule has 3 unspecified atom stereocenters. The lowest BCUT2D eigenvalue weighted by Crippen LogP contribution is -2.33. The average Bonchev–Trinajstić information content (AvgIpc) is 0.822. The van der Waals surface area contributed by atoms with Crippen LogP contribution in [0.1, 0.15) is 68.7 Å². The molecule has 0 aliphatic carbocycles. The molecule has 0 aromatic heterocycles. The van der Waals surface area contributed by atoms with Gasteiger partial charge in [-0.2, -0.15) is 0 Å². The van der Waals surface area contributed by atoms with Crippen LogP contribution >= 0.6 is 63.7 Å². The molecule has 0 aliphatic heterocycles. The van der Waals surface area contributed by atoms with Crippen LogP contribution in [0.25, 0.3) is 0 Å². The number of carbonyl (C=O) groups excluding carboxylic acids is 4. The van der Waals surface area contributed by atoms with Crippen LogP contribution in [0.3, 0.4) is 0 Å². The molecule has 3 atom stereocenters. The number of halogens is 4. The first-order valence-electron chi connectivity index (χ1n) is 36.7. The van der Waals surface area contributed by atoms with Crippen LogP contribution in [0.4, 0.5) is 0 Å². The van der Waals surface area contributed by atoms with Gasteiger partial charge in [0.05, 0.1) is 32.7 Å². The lowest BCUT2D eigenvalue weighted by atomic mass is 10.2. The molecule has 588 valence electrons. The second kappa shape index (κ2) is 44.8. The van der Waals surface area contributed by atoms with Crippen LogP contribution in [-0.2, 0) is 81.7 Å². The SMILES string of the molecule is CC(Br)C(=O)OCOc1ccccc1[S+](c1ccccc1)c1ccccc1.CC(C)(Br)C(=O)OCOc1cccc([S+](c2ccccc2)c2ccccc2)c1.CC(OC(=O)C(C)(C)Br)Oc1cccc([S+](c2ccccc2)c2ccccc2)c1.CCC(OC(=O)C(C)(C)Br)Oc1cccc([S+](c2ccccc2)c2ccccc2)c1. The van der Waals surface area contributed by atoms with E-state index in [1.54, 1.807) is 55.4 Å². The Morgan fingerprint density at radius 1 is 0.325 bits per heavy atom. The maximum atomic E-state index is 12.2. The number of ether oxygens (including phenoxy) is 8. The largest absolute Gasteiger partial charge is 0.457 e. The smallest absolute Gasteiger partial charge is 0.325 e. The number of hydrogen-bond donors (Lipinski definition) is 0. The minimum atomic E-state index is -0.751. The number of hydrogen-bond acceptors (Lipinski definition) is 12. The van der Waals surface area contributed by atoms with Crippen LogP contribution in [-0.4, -0.2) is 67.8 Å². The van der Waals surface area contributed by atoms with E-state index in [0.29, 0.717) is 29.4 Å². The monoisotopic (exact) mass is 1860 g/mol. The summed E-state index contributed by atoms with van der Waals surface area (Å²) in [6.07, 6.45) is -0.771. The fourth-order valence-electron chi connectivity index (χ4n) is 10.5. The molecule has 12 aromatic rings. The van der Waals surface area contributed by atoms with Gasteiger partial charge in [-0.05, 0) is 194 Å². The summed E-state index contributed by atoms with van der Waals surface area (Å²) in [5.41, 5.74) is 0. The molecule has 114 heavy (non-hydrogen) atoms. The Kier molecular flexibility index (Phi) is 35.0. The summed E-state index contributed by atoms with van der Waals surface area (Å²) in [6, 6.07) is 115. The molecule has 12 rings (SSSR count). The summed E-state index contributed by atoms with van der Waals surface area (Å²) >= 11 is 13.1. The van der Waals surface area contributed by atoms with E-state index in [2.05, 4.69) is 258 Å². The summed E-state index contributed by atoms with van der Waals surface area (Å²) < 4.78 is 42.4. The van der Waals surface area contributed by atoms with E-state index in [0.717, 1.165) is 19.6 Å². The van der Waals surface area contributed by atoms with Crippen molar-refractivity contribution in [2.75, 3.05) is 13.6 Å². The van der Waals surface area contributed by atoms with Crippen LogP contribution in [0.15, 0.2) is 398 Å². The quantitative estimate of drug-likeness (QED) is 0.0145. The summed E-state index contributed by atoms with van der Waals surface area (Å²) in [4.78, 5) is 61.7. The predicted octanol–water partition coefficient (Wildman–Crippen LogP) is 24.1. The minimum absolute atomic E-state index is 0.118. The van der Waals surface area contributed by atoms with Crippen molar-refractivity contribution in [1.82, 2.24) is 0 Å². The van der Waals surface area contributed by atoms with Gasteiger partial charge in [0.2, 0.25) is 31.1 Å². The maximum Gasteiger partial charge on any atom is 0.325 e. The van der Waals surface area contributed by atoms with E-state index in [1.165, 1.54) is 39.2 Å². The molecule has 0 N–H and O–H groups in total. The molecule has 12 nitrogen and oxygen atoms in total. The minimum Gasteiger partial charge on any atom is -0.457 e. The number of rotatable bonds is 29. The van der Waals surface area contributed by atoms with Crippen LogP contribution in [0.5, 0.6) is 23.0 Å². The lowest BCUT2D eigenvalue weighted by Gasteiger charge is -2.22. The van der Waals surface area contributed by atoms with Crippen molar-refractivity contribution < 1.29 is 57.1 Å². The Balaban J connectivity index is 0.000000174. The summed E-state index contributed by atoms with van der Waals surface area (Å²) in [5.74, 6) is 1.30. The van der Waals surface area contributed by atoms with E-state index in [9.17, 15) is 19.2 Å². The molecule has 0 bridgehead atoms. The Morgan fingerprint density at radius 2 is 0.614 bits per heavy atom. The van der Waals surface area contributed by atoms with Crippen LogP contribution in [0, 0.1) is 0 Å². The maximum absolute atomic E-state index is 12.2. The third kappa shape index (κ3) is 27.9. The van der Waals surface area contributed by atoms with Gasteiger partial charge in [0.1, 0.15) is 45.9 Å². The molecule has 0 amide bonds. The van der Waals surface area contributed by atoms with Crippen molar-refractivity contribution in [3.63, 3.8) is 0 Å². The van der Waals surface area contributed by atoms with Gasteiger partial charge in [-0.1, -0.05) is 247 Å². The van der Waals surface area contributed by atoms with Gasteiger partial charge >= 0.3 is 23.9 Å². The van der Waals surface area contributed by atoms with Gasteiger partial charge < -0.3 is 37.9 Å². The Bertz CT molecular complexity index is 4760. The highest BCUT2D eigenvalue weighted by molar-refractivity contribution is 9.10. The second-order valence-corrected chi connectivity index (χ2v) is 41.9. The van der Waals surface area contributed by atoms with Crippen molar-refractivity contribution >= 4 is 131 Å². The van der Waals surface area contributed by atoms with Gasteiger partial charge in [0.15, 0.2) is 59.6 Å². The van der Waals surface area contributed by atoms with Gasteiger partial charge in [0, 0.05) is 31.5 Å². The van der Waals surface area contributed by atoms with Gasteiger partial charge in [0.25, 0.3) is 0 Å². The molecule has 0 spiro atoms. The van der Waals surface area contributed by atoms with E-state index >= 15 is 0 Å². The standard InChI is InChI=1S/C25H26BrO3S.C24H24BrO3S.C23H22BrO3S.C22H20BrO3S/c1-4-23(29-24(27)25(2,3)26)28-19-12-11-17-22(18-19)30(20-13-7-5-8-14-20)21-15-9-6-10-16-21;1-18(28-23(26)24(2,3)25)27-19-11-10-16-22(17-19)29(20-12-6-4-7-13-20)21-14-8-5-9-15-21;1-23(2,24)22(25)27-17-26-18-10-9-15-21(16-18)28(19-11-5-3-6-12-19)20-13-7-4-8-14-20;1-17(23)22(24)26-16-25-20-14-8-9-15-21(20)27(18-10-4-2-5-11-18)19-12-6-3-7-13-19/h5-18,23H,4H2,1-3H3;4-18H,1-3H3;3-16H,17H2,1-2H3;2-15,17H,16H2,1H3/q4*+1. The summed E-state index contributed by atoms with van der Waals surface area (Å²) in [7, 11) is -1.09. The van der Waals surface area contributed by atoms with E-state index in [4.69, 9.17) is 37.9 Å². The molecular formula is C94H92Br4O12S4+4. The summed E-state index contributed by atoms with van der Waals surface area (Å²) in [5, 5.41) is 0. The molecule has 12 aromatic carbocycles. The number of esters is 4. The second-order valence-electron chi connectivity index (χ2n) is 26.5. The first-order chi connectivity index (χ1) is 54.8. The third-order valence-electron chi connectivity index (χ3n) is 16.1. The molecule has 0 saturated carbocycles. The highest BCUT2D eigenvalue weighted by Gasteiger charge is 2.36. The molecule has 0 heterocycles. The average molecular weight is 1860 g/mol. The Hall–Kier alpha value is -8.96. The highest BCUT2D eigenvalue weighted by Crippen LogP contribution is 2.39. The number of para-hydroxylation sites is 1. The Morgan fingerprint density at radius 3 is 0.956 bits per heavy atom. The normalized spacial score (nSPS) is 12.0. The first kappa shape index (κ1) is 89.0. The first-order valence-corrected chi connectivity index (χ1v) is 44.9. The van der Waals surface area contributed by atoms with Gasteiger partial charge in [-0.15, -0.1) is 0 Å². The van der Waals surface area contributed by atoms with Crippen molar-refractivity contribution in [3.8, 4) is 23.0 Å². The number of alkyl halides is 4. The molecule has 0 saturated heterocycles. The van der Waals surface area contributed by atoms with Crippen molar-refractivity contribution in [2.24, 2.45) is 0 Å². The Labute approximate surface area is 715 Å². The van der Waals surface area contributed by atoms with Crippen molar-refractivity contribution in [1.29, 1.82) is 0 Å². The van der Waals surface area contributed by atoms with Crippen molar-refractivity contribution in [2.45, 2.75) is 158 Å². The fraction of sp³-hybridized carbons (Fsp3) is 0.191. The van der Waals surface area contributed by atoms with Crippen LogP contribution < -0.4 is 18.9 Å². The highest BCUT2D eigenvalue weighted by atomic mass is 79.9.